The number of hydrogen-bond acceptors (Lipinski definition) is 3. The fraction of sp³-hybridized carbons (Fsp3) is 0.333. The maximum Gasteiger partial charge on any atom is 0.292 e. The van der Waals surface area contributed by atoms with E-state index in [1.54, 1.807) is 6.07 Å². The van der Waals surface area contributed by atoms with Gasteiger partial charge >= 0.3 is 0 Å². The number of aryl methyl sites for hydroxylation is 1. The van der Waals surface area contributed by atoms with E-state index >= 15 is 0 Å². The number of rotatable bonds is 1. The molecule has 68 valence electrons. The quantitative estimate of drug-likeness (QED) is 0.527. The SMILES string of the molecule is Cc1ccc([N+](=O)[O-])c2c1CCN2. The predicted molar refractivity (Wildman–Crippen MR) is 50.0 cm³/mol. The van der Waals surface area contributed by atoms with Crippen LogP contribution in [0.5, 0.6) is 0 Å². The van der Waals surface area contributed by atoms with Crippen LogP contribution in [0.15, 0.2) is 12.1 Å². The Bertz CT molecular complexity index is 374. The largest absolute Gasteiger partial charge is 0.379 e. The Hall–Kier alpha value is -1.58. The molecule has 1 aliphatic rings. The Morgan fingerprint density at radius 1 is 1.54 bits per heavy atom. The number of nitrogens with zero attached hydrogens (tertiary/aromatic N) is 1. The zero-order valence-corrected chi connectivity index (χ0v) is 7.33. The standard InChI is InChI=1S/C9H10N2O2/c1-6-2-3-8(11(12)13)9-7(6)4-5-10-9/h2-3,10H,4-5H2,1H3. The van der Waals surface area contributed by atoms with Gasteiger partial charge in [0.25, 0.3) is 5.69 Å². The third-order valence-electron chi connectivity index (χ3n) is 2.40. The molecule has 4 heteroatoms. The van der Waals surface area contributed by atoms with E-state index < -0.39 is 0 Å². The summed E-state index contributed by atoms with van der Waals surface area (Å²) < 4.78 is 0. The number of hydrogen-bond donors (Lipinski definition) is 1. The smallest absolute Gasteiger partial charge is 0.292 e. The molecule has 13 heavy (non-hydrogen) atoms. The fourth-order valence-corrected chi connectivity index (χ4v) is 1.72. The van der Waals surface area contributed by atoms with E-state index in [0.29, 0.717) is 5.69 Å². The van der Waals surface area contributed by atoms with Crippen molar-refractivity contribution < 1.29 is 4.92 Å². The molecular weight excluding hydrogens is 168 g/mol. The minimum absolute atomic E-state index is 0.193. The topological polar surface area (TPSA) is 55.2 Å². The Morgan fingerprint density at radius 2 is 2.31 bits per heavy atom. The molecule has 0 radical (unpaired) electrons. The number of nitro groups is 1. The average molecular weight is 178 g/mol. The highest BCUT2D eigenvalue weighted by Crippen LogP contribution is 2.34. The molecule has 1 heterocycles. The molecule has 1 aliphatic heterocycles. The van der Waals surface area contributed by atoms with Crippen molar-refractivity contribution in [2.75, 3.05) is 11.9 Å². The van der Waals surface area contributed by atoms with Gasteiger partial charge in [-0.2, -0.15) is 0 Å². The van der Waals surface area contributed by atoms with E-state index in [2.05, 4.69) is 5.32 Å². The predicted octanol–water partition coefficient (Wildman–Crippen LogP) is 1.87. The Labute approximate surface area is 75.7 Å². The van der Waals surface area contributed by atoms with Gasteiger partial charge in [0.05, 0.1) is 4.92 Å². The summed E-state index contributed by atoms with van der Waals surface area (Å²) in [5, 5.41) is 13.7. The van der Waals surface area contributed by atoms with Crippen molar-refractivity contribution in [2.24, 2.45) is 0 Å². The van der Waals surface area contributed by atoms with E-state index in [4.69, 9.17) is 0 Å². The lowest BCUT2D eigenvalue weighted by Crippen LogP contribution is -1.96. The maximum atomic E-state index is 10.6. The number of fused-ring (bicyclic) bond motifs is 1. The maximum absolute atomic E-state index is 10.6. The van der Waals surface area contributed by atoms with Crippen LogP contribution < -0.4 is 5.32 Å². The van der Waals surface area contributed by atoms with Crippen LogP contribution in [0.4, 0.5) is 11.4 Å². The van der Waals surface area contributed by atoms with Gasteiger partial charge in [-0.05, 0) is 24.5 Å². The molecule has 2 rings (SSSR count). The number of nitrogens with one attached hydrogen (secondary N) is 1. The molecule has 4 nitrogen and oxygen atoms in total. The lowest BCUT2D eigenvalue weighted by molar-refractivity contribution is -0.383. The van der Waals surface area contributed by atoms with Crippen LogP contribution in [0.3, 0.4) is 0 Å². The van der Waals surface area contributed by atoms with Crippen LogP contribution in [0.25, 0.3) is 0 Å². The fourth-order valence-electron chi connectivity index (χ4n) is 1.72. The molecule has 0 fully saturated rings. The molecule has 0 bridgehead atoms. The van der Waals surface area contributed by atoms with Gasteiger partial charge in [0.1, 0.15) is 5.69 Å². The van der Waals surface area contributed by atoms with E-state index in [1.807, 2.05) is 13.0 Å². The molecule has 1 N–H and O–H groups in total. The first-order chi connectivity index (χ1) is 6.20. The molecule has 1 aromatic carbocycles. The highest BCUT2D eigenvalue weighted by atomic mass is 16.6. The van der Waals surface area contributed by atoms with Gasteiger partial charge in [0.2, 0.25) is 0 Å². The van der Waals surface area contributed by atoms with E-state index in [-0.39, 0.29) is 10.6 Å². The molecule has 0 unspecified atom stereocenters. The van der Waals surface area contributed by atoms with Gasteiger partial charge in [-0.25, -0.2) is 0 Å². The summed E-state index contributed by atoms with van der Waals surface area (Å²) in [5.41, 5.74) is 3.13. The van der Waals surface area contributed by atoms with Crippen molar-refractivity contribution in [3.63, 3.8) is 0 Å². The van der Waals surface area contributed by atoms with Gasteiger partial charge < -0.3 is 5.32 Å². The molecule has 0 aromatic heterocycles. The van der Waals surface area contributed by atoms with Gasteiger partial charge in [-0.15, -0.1) is 0 Å². The Morgan fingerprint density at radius 3 is 3.00 bits per heavy atom. The minimum Gasteiger partial charge on any atom is -0.379 e. The molecule has 0 amide bonds. The summed E-state index contributed by atoms with van der Waals surface area (Å²) in [6.45, 7) is 2.79. The monoisotopic (exact) mass is 178 g/mol. The van der Waals surface area contributed by atoms with Crippen molar-refractivity contribution in [2.45, 2.75) is 13.3 Å². The van der Waals surface area contributed by atoms with E-state index in [9.17, 15) is 10.1 Å². The summed E-state index contributed by atoms with van der Waals surface area (Å²) in [6.07, 6.45) is 0.892. The van der Waals surface area contributed by atoms with Gasteiger partial charge in [-0.3, -0.25) is 10.1 Å². The number of benzene rings is 1. The summed E-state index contributed by atoms with van der Waals surface area (Å²) in [4.78, 5) is 10.3. The van der Waals surface area contributed by atoms with E-state index in [0.717, 1.165) is 24.1 Å². The minimum atomic E-state index is -0.337. The summed E-state index contributed by atoms with van der Waals surface area (Å²) in [6, 6.07) is 3.37. The first-order valence-corrected chi connectivity index (χ1v) is 4.21. The van der Waals surface area contributed by atoms with Crippen molar-refractivity contribution >= 4 is 11.4 Å². The molecule has 0 aliphatic carbocycles. The summed E-state index contributed by atoms with van der Waals surface area (Å²) in [7, 11) is 0. The van der Waals surface area contributed by atoms with Crippen molar-refractivity contribution in [3.05, 3.63) is 33.4 Å². The summed E-state index contributed by atoms with van der Waals surface area (Å²) in [5.74, 6) is 0. The number of nitro benzene ring substituents is 1. The highest BCUT2D eigenvalue weighted by molar-refractivity contribution is 5.70. The van der Waals surface area contributed by atoms with Crippen molar-refractivity contribution in [3.8, 4) is 0 Å². The summed E-state index contributed by atoms with van der Waals surface area (Å²) >= 11 is 0. The van der Waals surface area contributed by atoms with Crippen LogP contribution in [-0.2, 0) is 6.42 Å². The zero-order valence-electron chi connectivity index (χ0n) is 7.33. The van der Waals surface area contributed by atoms with Crippen LogP contribution in [0.1, 0.15) is 11.1 Å². The van der Waals surface area contributed by atoms with Crippen molar-refractivity contribution in [1.29, 1.82) is 0 Å². The first kappa shape index (κ1) is 8.04. The molecular formula is C9H10N2O2. The molecule has 0 spiro atoms. The molecule has 0 atom stereocenters. The van der Waals surface area contributed by atoms with Gasteiger partial charge in [-0.1, -0.05) is 6.07 Å². The second-order valence-corrected chi connectivity index (χ2v) is 3.19. The van der Waals surface area contributed by atoms with Gasteiger partial charge in [0, 0.05) is 12.6 Å². The van der Waals surface area contributed by atoms with Crippen LogP contribution in [0, 0.1) is 17.0 Å². The normalized spacial score (nSPS) is 13.6. The second-order valence-electron chi connectivity index (χ2n) is 3.19. The molecule has 0 saturated heterocycles. The highest BCUT2D eigenvalue weighted by Gasteiger charge is 2.22. The zero-order chi connectivity index (χ0) is 9.42. The first-order valence-electron chi connectivity index (χ1n) is 4.21. The lowest BCUT2D eigenvalue weighted by Gasteiger charge is -2.03. The van der Waals surface area contributed by atoms with Crippen LogP contribution >= 0.6 is 0 Å². The Balaban J connectivity index is 2.62. The third-order valence-corrected chi connectivity index (χ3v) is 2.40. The van der Waals surface area contributed by atoms with Crippen molar-refractivity contribution in [1.82, 2.24) is 0 Å². The van der Waals surface area contributed by atoms with Gasteiger partial charge in [0.15, 0.2) is 0 Å². The molecule has 1 aromatic rings. The third kappa shape index (κ3) is 1.14. The van der Waals surface area contributed by atoms with E-state index in [1.165, 1.54) is 0 Å². The molecule has 0 saturated carbocycles. The Kier molecular flexibility index (Phi) is 1.69. The average Bonchev–Trinajstić information content (AvgIpc) is 2.53. The van der Waals surface area contributed by atoms with Crippen LogP contribution in [-0.4, -0.2) is 11.5 Å². The number of anilines is 1. The second kappa shape index (κ2) is 2.73. The lowest BCUT2D eigenvalue weighted by atomic mass is 10.1. The van der Waals surface area contributed by atoms with Crippen LogP contribution in [0.2, 0.25) is 0 Å².